The Bertz CT molecular complexity index is 883. The highest BCUT2D eigenvalue weighted by Gasteiger charge is 2.28. The second-order valence-corrected chi connectivity index (χ2v) is 6.19. The molecule has 0 spiro atoms. The number of Topliss-reactive ketones (excluding diaryl/α,β-unsaturated/α-hetero) is 1. The molecule has 2 rings (SSSR count). The van der Waals surface area contributed by atoms with Crippen molar-refractivity contribution in [2.75, 3.05) is 13.2 Å². The average molecular weight is 387 g/mol. The van der Waals surface area contributed by atoms with Crippen molar-refractivity contribution in [1.29, 1.82) is 0 Å². The molecule has 150 valence electrons. The maximum atomic E-state index is 12.8. The summed E-state index contributed by atoms with van der Waals surface area (Å²) in [7, 11) is 0. The number of ketones is 1. The predicted molar refractivity (Wildman–Crippen MR) is 103 cm³/mol. The molecule has 0 saturated carbocycles. The number of aromatic amines is 1. The van der Waals surface area contributed by atoms with Crippen LogP contribution in [0.2, 0.25) is 0 Å². The van der Waals surface area contributed by atoms with Crippen molar-refractivity contribution in [3.8, 4) is 5.75 Å². The minimum Gasteiger partial charge on any atom is -0.493 e. The molecule has 1 heterocycles. The number of nitrogens with one attached hydrogen (secondary N) is 1. The van der Waals surface area contributed by atoms with E-state index in [0.29, 0.717) is 29.2 Å². The largest absolute Gasteiger partial charge is 0.493 e. The molecule has 1 atom stereocenters. The van der Waals surface area contributed by atoms with Gasteiger partial charge in [-0.15, -0.1) is 0 Å². The van der Waals surface area contributed by atoms with Crippen molar-refractivity contribution in [3.05, 3.63) is 52.3 Å². The first-order valence-corrected chi connectivity index (χ1v) is 9.15. The Kier molecular flexibility index (Phi) is 6.98. The molecule has 1 aromatic heterocycles. The van der Waals surface area contributed by atoms with E-state index in [-0.39, 0.29) is 17.9 Å². The summed E-state index contributed by atoms with van der Waals surface area (Å²) in [5.74, 6) is -1.19. The summed E-state index contributed by atoms with van der Waals surface area (Å²) in [6.07, 6.45) is -1.05. The molecule has 1 N–H and O–H groups in total. The molecule has 2 aromatic rings. The first kappa shape index (κ1) is 21.2. The van der Waals surface area contributed by atoms with Crippen LogP contribution in [0.3, 0.4) is 0 Å². The minimum atomic E-state index is -1.05. The van der Waals surface area contributed by atoms with E-state index in [1.165, 1.54) is 6.92 Å². The molecular weight excluding hydrogens is 362 g/mol. The molecule has 28 heavy (non-hydrogen) atoms. The van der Waals surface area contributed by atoms with Gasteiger partial charge in [0.05, 0.1) is 24.5 Å². The van der Waals surface area contributed by atoms with E-state index in [1.54, 1.807) is 45.0 Å². The molecule has 1 aromatic carbocycles. The van der Waals surface area contributed by atoms with Crippen LogP contribution in [0.5, 0.6) is 5.75 Å². The number of carbonyl (C=O) groups is 3. The van der Waals surface area contributed by atoms with Gasteiger partial charge in [0.25, 0.3) is 0 Å². The standard InChI is InChI=1S/C21H25NO6/c1-6-26-16-11-9-8-10-15(16)20(24)28-14(5)19(23)18-12(3)17(13(4)22-18)21(25)27-7-2/h8-11,14,22H,6-7H2,1-5H3. The maximum Gasteiger partial charge on any atom is 0.342 e. The molecule has 7 heteroatoms. The zero-order valence-corrected chi connectivity index (χ0v) is 16.8. The van der Waals surface area contributed by atoms with Crippen LogP contribution in [0.1, 0.15) is 63.2 Å². The van der Waals surface area contributed by atoms with E-state index < -0.39 is 23.8 Å². The van der Waals surface area contributed by atoms with E-state index in [2.05, 4.69) is 4.98 Å². The molecule has 0 bridgehead atoms. The van der Waals surface area contributed by atoms with Gasteiger partial charge in [0.1, 0.15) is 11.3 Å². The lowest BCUT2D eigenvalue weighted by Gasteiger charge is -2.14. The van der Waals surface area contributed by atoms with E-state index in [9.17, 15) is 14.4 Å². The molecule has 0 saturated heterocycles. The molecular formula is C21H25NO6. The Balaban J connectivity index is 2.21. The van der Waals surface area contributed by atoms with Gasteiger partial charge >= 0.3 is 11.9 Å². The molecule has 0 aliphatic carbocycles. The number of benzene rings is 1. The fourth-order valence-electron chi connectivity index (χ4n) is 2.90. The van der Waals surface area contributed by atoms with Gasteiger partial charge in [0.2, 0.25) is 5.78 Å². The third-order valence-corrected chi connectivity index (χ3v) is 4.22. The van der Waals surface area contributed by atoms with Crippen molar-refractivity contribution >= 4 is 17.7 Å². The first-order valence-electron chi connectivity index (χ1n) is 9.15. The second kappa shape index (κ2) is 9.21. The Morgan fingerprint density at radius 1 is 1.04 bits per heavy atom. The molecule has 0 radical (unpaired) electrons. The maximum absolute atomic E-state index is 12.8. The van der Waals surface area contributed by atoms with Gasteiger partial charge in [-0.1, -0.05) is 12.1 Å². The molecule has 0 aliphatic rings. The topological polar surface area (TPSA) is 94.7 Å². The van der Waals surface area contributed by atoms with Gasteiger partial charge in [0, 0.05) is 5.69 Å². The zero-order chi connectivity index (χ0) is 20.8. The molecule has 0 aliphatic heterocycles. The minimum absolute atomic E-state index is 0.221. The summed E-state index contributed by atoms with van der Waals surface area (Å²) in [5, 5.41) is 0. The SMILES string of the molecule is CCOC(=O)c1c(C)[nH]c(C(=O)C(C)OC(=O)c2ccccc2OCC)c1C. The average Bonchev–Trinajstić information content (AvgIpc) is 2.96. The van der Waals surface area contributed by atoms with Crippen LogP contribution in [-0.2, 0) is 9.47 Å². The van der Waals surface area contributed by atoms with Gasteiger partial charge in [-0.05, 0) is 52.3 Å². The summed E-state index contributed by atoms with van der Waals surface area (Å²) in [6, 6.07) is 6.68. The number of aromatic nitrogens is 1. The second-order valence-electron chi connectivity index (χ2n) is 6.19. The van der Waals surface area contributed by atoms with Crippen molar-refractivity contribution < 1.29 is 28.6 Å². The summed E-state index contributed by atoms with van der Waals surface area (Å²) in [4.78, 5) is 40.3. The highest BCUT2D eigenvalue weighted by Crippen LogP contribution is 2.23. The quantitative estimate of drug-likeness (QED) is 0.549. The van der Waals surface area contributed by atoms with Crippen molar-refractivity contribution in [2.45, 2.75) is 40.7 Å². The summed E-state index contributed by atoms with van der Waals surface area (Å²) in [6.45, 7) is 8.99. The van der Waals surface area contributed by atoms with Gasteiger partial charge in [0.15, 0.2) is 6.10 Å². The molecule has 7 nitrogen and oxygen atoms in total. The lowest BCUT2D eigenvalue weighted by Crippen LogP contribution is -2.25. The highest BCUT2D eigenvalue weighted by atomic mass is 16.5. The van der Waals surface area contributed by atoms with Crippen LogP contribution in [-0.4, -0.2) is 42.0 Å². The fraction of sp³-hybridized carbons (Fsp3) is 0.381. The van der Waals surface area contributed by atoms with E-state index in [1.807, 2.05) is 6.92 Å². The number of aryl methyl sites for hydroxylation is 1. The van der Waals surface area contributed by atoms with E-state index in [4.69, 9.17) is 14.2 Å². The third kappa shape index (κ3) is 4.42. The van der Waals surface area contributed by atoms with Gasteiger partial charge in [-0.2, -0.15) is 0 Å². The Hall–Kier alpha value is -3.09. The number of hydrogen-bond donors (Lipinski definition) is 1. The van der Waals surface area contributed by atoms with Gasteiger partial charge in [-0.25, -0.2) is 9.59 Å². The Morgan fingerprint density at radius 2 is 1.71 bits per heavy atom. The summed E-state index contributed by atoms with van der Waals surface area (Å²) >= 11 is 0. The van der Waals surface area contributed by atoms with Crippen molar-refractivity contribution in [3.63, 3.8) is 0 Å². The number of H-pyrrole nitrogens is 1. The normalized spacial score (nSPS) is 11.6. The number of ether oxygens (including phenoxy) is 3. The van der Waals surface area contributed by atoms with Crippen LogP contribution in [0.15, 0.2) is 24.3 Å². The number of rotatable bonds is 8. The van der Waals surface area contributed by atoms with E-state index >= 15 is 0 Å². The molecule has 0 fully saturated rings. The first-order chi connectivity index (χ1) is 13.3. The van der Waals surface area contributed by atoms with Crippen LogP contribution < -0.4 is 4.74 Å². The Morgan fingerprint density at radius 3 is 2.36 bits per heavy atom. The van der Waals surface area contributed by atoms with Gasteiger partial charge < -0.3 is 19.2 Å². The lowest BCUT2D eigenvalue weighted by atomic mass is 10.1. The number of hydrogen-bond acceptors (Lipinski definition) is 6. The van der Waals surface area contributed by atoms with Crippen molar-refractivity contribution in [2.24, 2.45) is 0 Å². The number of esters is 2. The monoisotopic (exact) mass is 387 g/mol. The predicted octanol–water partition coefficient (Wildman–Crippen LogP) is 3.64. The lowest BCUT2D eigenvalue weighted by molar-refractivity contribution is 0.0313. The van der Waals surface area contributed by atoms with Crippen LogP contribution in [0.25, 0.3) is 0 Å². The van der Waals surface area contributed by atoms with Crippen LogP contribution >= 0.6 is 0 Å². The Labute approximate surface area is 164 Å². The van der Waals surface area contributed by atoms with Crippen molar-refractivity contribution in [1.82, 2.24) is 4.98 Å². The highest BCUT2D eigenvalue weighted by molar-refractivity contribution is 6.04. The summed E-state index contributed by atoms with van der Waals surface area (Å²) < 4.78 is 15.8. The molecule has 1 unspecified atom stereocenters. The molecule has 0 amide bonds. The fourth-order valence-corrected chi connectivity index (χ4v) is 2.90. The zero-order valence-electron chi connectivity index (χ0n) is 16.8. The summed E-state index contributed by atoms with van der Waals surface area (Å²) in [5.41, 5.74) is 1.79. The number of para-hydroxylation sites is 1. The number of carbonyl (C=O) groups excluding carboxylic acids is 3. The third-order valence-electron chi connectivity index (χ3n) is 4.22. The van der Waals surface area contributed by atoms with Gasteiger partial charge in [-0.3, -0.25) is 4.79 Å². The van der Waals surface area contributed by atoms with E-state index in [0.717, 1.165) is 0 Å². The van der Waals surface area contributed by atoms with Crippen LogP contribution in [0, 0.1) is 13.8 Å². The smallest absolute Gasteiger partial charge is 0.342 e. The van der Waals surface area contributed by atoms with Crippen LogP contribution in [0.4, 0.5) is 0 Å².